The van der Waals surface area contributed by atoms with Gasteiger partial charge < -0.3 is 0 Å². The van der Waals surface area contributed by atoms with E-state index in [4.69, 9.17) is 16.3 Å². The van der Waals surface area contributed by atoms with Crippen LogP contribution in [-0.4, -0.2) is 15.0 Å². The standard InChI is InChI=1S/C41H27N3S/c1-3-11-27(12-4-1)39-42-40(28-13-5-2-6-14-28)44-41(43-39)34-16-9-17-37-38(34)35-25-30(21-23-36(35)45-37)29-20-22-33-31(24-29)19-18-26-10-7-8-15-32(26)33/h1-17,20-25H,18-19H2/i23D. The molecule has 0 spiro atoms. The fraction of sp³-hybridized carbons (Fsp3) is 0.0488. The van der Waals surface area contributed by atoms with E-state index in [2.05, 4.69) is 66.7 Å². The van der Waals surface area contributed by atoms with Crippen LogP contribution in [0, 0.1) is 0 Å². The summed E-state index contributed by atoms with van der Waals surface area (Å²) in [5.74, 6) is 1.90. The first-order valence-corrected chi connectivity index (χ1v) is 16.1. The van der Waals surface area contributed by atoms with Crippen LogP contribution in [-0.2, 0) is 12.8 Å². The summed E-state index contributed by atoms with van der Waals surface area (Å²) in [5.41, 5.74) is 10.5. The van der Waals surface area contributed by atoms with Gasteiger partial charge in [-0.25, -0.2) is 15.0 Å². The number of thiophene rings is 1. The zero-order chi connectivity index (χ0) is 30.6. The highest BCUT2D eigenvalue weighted by molar-refractivity contribution is 7.26. The Balaban J connectivity index is 1.24. The Kier molecular flexibility index (Phi) is 5.88. The average molecular weight is 595 g/mol. The molecule has 9 rings (SSSR count). The summed E-state index contributed by atoms with van der Waals surface area (Å²) >= 11 is 1.66. The van der Waals surface area contributed by atoms with Gasteiger partial charge in [0.15, 0.2) is 17.5 Å². The van der Waals surface area contributed by atoms with Crippen molar-refractivity contribution >= 4 is 31.5 Å². The molecule has 0 N–H and O–H groups in total. The highest BCUT2D eigenvalue weighted by Gasteiger charge is 2.19. The topological polar surface area (TPSA) is 38.7 Å². The maximum atomic E-state index is 9.11. The molecule has 0 amide bonds. The third kappa shape index (κ3) is 4.54. The van der Waals surface area contributed by atoms with Crippen molar-refractivity contribution in [3.63, 3.8) is 0 Å². The van der Waals surface area contributed by atoms with Gasteiger partial charge in [-0.1, -0.05) is 121 Å². The maximum Gasteiger partial charge on any atom is 0.164 e. The first-order chi connectivity index (χ1) is 22.7. The molecule has 0 bridgehead atoms. The predicted molar refractivity (Wildman–Crippen MR) is 187 cm³/mol. The van der Waals surface area contributed by atoms with E-state index in [0.717, 1.165) is 60.8 Å². The SMILES string of the molecule is [2H]c1cc(-c2ccc3c(c2)CCc2ccccc2-3)cc2c1sc1cccc(-c3nc(-c4ccccc4)nc(-c4ccccc4)n3)c12. The molecule has 0 atom stereocenters. The fourth-order valence-corrected chi connectivity index (χ4v) is 7.63. The molecule has 0 saturated carbocycles. The molecular weight excluding hydrogens is 567 g/mol. The van der Waals surface area contributed by atoms with Crippen LogP contribution >= 0.6 is 11.3 Å². The number of aromatic nitrogens is 3. The lowest BCUT2D eigenvalue weighted by atomic mass is 9.84. The van der Waals surface area contributed by atoms with E-state index >= 15 is 0 Å². The Morgan fingerprint density at radius 2 is 1.09 bits per heavy atom. The highest BCUT2D eigenvalue weighted by atomic mass is 32.1. The molecule has 4 heteroatoms. The highest BCUT2D eigenvalue weighted by Crippen LogP contribution is 2.42. The molecule has 0 radical (unpaired) electrons. The van der Waals surface area contributed by atoms with Gasteiger partial charge in [0.2, 0.25) is 0 Å². The lowest BCUT2D eigenvalue weighted by Crippen LogP contribution is -2.03. The average Bonchev–Trinajstić information content (AvgIpc) is 3.51. The normalized spacial score (nSPS) is 12.6. The number of aryl methyl sites for hydroxylation is 2. The molecule has 1 aliphatic rings. The summed E-state index contributed by atoms with van der Waals surface area (Å²) in [6.07, 6.45) is 2.07. The molecule has 0 fully saturated rings. The number of benzene rings is 6. The predicted octanol–water partition coefficient (Wildman–Crippen LogP) is 10.7. The fourth-order valence-electron chi connectivity index (χ4n) is 6.55. The van der Waals surface area contributed by atoms with Crippen LogP contribution in [0.3, 0.4) is 0 Å². The second-order valence-corrected chi connectivity index (χ2v) is 12.5. The van der Waals surface area contributed by atoms with Crippen molar-refractivity contribution in [2.24, 2.45) is 0 Å². The van der Waals surface area contributed by atoms with Crippen LogP contribution in [0.15, 0.2) is 140 Å². The first-order valence-electron chi connectivity index (χ1n) is 15.7. The molecule has 212 valence electrons. The van der Waals surface area contributed by atoms with Crippen molar-refractivity contribution < 1.29 is 1.37 Å². The second kappa shape index (κ2) is 10.6. The van der Waals surface area contributed by atoms with Gasteiger partial charge in [0, 0.05) is 36.9 Å². The molecular formula is C41H27N3S. The largest absolute Gasteiger partial charge is 0.208 e. The number of nitrogens with zero attached hydrogens (tertiary/aromatic N) is 3. The lowest BCUT2D eigenvalue weighted by Gasteiger charge is -2.20. The van der Waals surface area contributed by atoms with Crippen molar-refractivity contribution in [2.75, 3.05) is 0 Å². The van der Waals surface area contributed by atoms with Gasteiger partial charge in [-0.3, -0.25) is 0 Å². The van der Waals surface area contributed by atoms with Crippen molar-refractivity contribution in [3.8, 4) is 56.4 Å². The van der Waals surface area contributed by atoms with E-state index in [1.54, 1.807) is 11.3 Å². The molecule has 8 aromatic rings. The molecule has 0 saturated heterocycles. The van der Waals surface area contributed by atoms with Gasteiger partial charge in [0.05, 0.1) is 1.37 Å². The molecule has 0 unspecified atom stereocenters. The minimum Gasteiger partial charge on any atom is -0.208 e. The Labute approximate surface area is 267 Å². The van der Waals surface area contributed by atoms with Crippen LogP contribution in [0.2, 0.25) is 0 Å². The summed E-state index contributed by atoms with van der Waals surface area (Å²) in [6, 6.07) is 46.8. The number of hydrogen-bond acceptors (Lipinski definition) is 4. The van der Waals surface area contributed by atoms with E-state index in [1.807, 2.05) is 66.7 Å². The van der Waals surface area contributed by atoms with E-state index in [0.29, 0.717) is 23.5 Å². The Morgan fingerprint density at radius 1 is 0.467 bits per heavy atom. The summed E-state index contributed by atoms with van der Waals surface area (Å²) in [7, 11) is 0. The molecule has 2 aromatic heterocycles. The van der Waals surface area contributed by atoms with E-state index in [9.17, 15) is 0 Å². The van der Waals surface area contributed by atoms with Gasteiger partial charge in [-0.2, -0.15) is 0 Å². The van der Waals surface area contributed by atoms with Crippen molar-refractivity contribution in [3.05, 3.63) is 151 Å². The van der Waals surface area contributed by atoms with Crippen LogP contribution < -0.4 is 0 Å². The third-order valence-corrected chi connectivity index (χ3v) is 9.86. The summed E-state index contributed by atoms with van der Waals surface area (Å²) < 4.78 is 11.2. The quantitative estimate of drug-likeness (QED) is 0.203. The van der Waals surface area contributed by atoms with Crippen LogP contribution in [0.25, 0.3) is 76.6 Å². The smallest absolute Gasteiger partial charge is 0.164 e. The molecule has 45 heavy (non-hydrogen) atoms. The van der Waals surface area contributed by atoms with E-state index in [1.165, 1.54) is 22.3 Å². The van der Waals surface area contributed by atoms with Crippen molar-refractivity contribution in [1.29, 1.82) is 0 Å². The van der Waals surface area contributed by atoms with Crippen LogP contribution in [0.1, 0.15) is 12.5 Å². The zero-order valence-electron chi connectivity index (χ0n) is 25.4. The minimum atomic E-state index is 0.535. The molecule has 0 aliphatic heterocycles. The summed E-state index contributed by atoms with van der Waals surface area (Å²) in [5, 5.41) is 2.14. The Bertz CT molecular complexity index is 2380. The monoisotopic (exact) mass is 594 g/mol. The van der Waals surface area contributed by atoms with E-state index < -0.39 is 0 Å². The maximum absolute atomic E-state index is 9.11. The van der Waals surface area contributed by atoms with Gasteiger partial charge in [-0.15, -0.1) is 11.3 Å². The van der Waals surface area contributed by atoms with Gasteiger partial charge >= 0.3 is 0 Å². The summed E-state index contributed by atoms with van der Waals surface area (Å²) in [6.45, 7) is 0. The van der Waals surface area contributed by atoms with Crippen LogP contribution in [0.5, 0.6) is 0 Å². The third-order valence-electron chi connectivity index (χ3n) is 8.76. The molecule has 1 aliphatic carbocycles. The molecule has 2 heterocycles. The van der Waals surface area contributed by atoms with Crippen molar-refractivity contribution in [2.45, 2.75) is 12.8 Å². The number of hydrogen-bond donors (Lipinski definition) is 0. The Hall–Kier alpha value is -5.45. The molecule has 3 nitrogen and oxygen atoms in total. The van der Waals surface area contributed by atoms with E-state index in [-0.39, 0.29) is 0 Å². The number of fused-ring (bicyclic) bond motifs is 6. The lowest BCUT2D eigenvalue weighted by molar-refractivity contribution is 0.942. The second-order valence-electron chi connectivity index (χ2n) is 11.5. The van der Waals surface area contributed by atoms with Gasteiger partial charge in [0.25, 0.3) is 0 Å². The molecule has 6 aromatic carbocycles. The minimum absolute atomic E-state index is 0.535. The van der Waals surface area contributed by atoms with Crippen molar-refractivity contribution in [1.82, 2.24) is 15.0 Å². The zero-order valence-corrected chi connectivity index (χ0v) is 25.2. The first kappa shape index (κ1) is 24.9. The van der Waals surface area contributed by atoms with Crippen LogP contribution in [0.4, 0.5) is 0 Å². The number of rotatable bonds is 4. The van der Waals surface area contributed by atoms with Gasteiger partial charge in [-0.05, 0) is 64.4 Å². The summed E-state index contributed by atoms with van der Waals surface area (Å²) in [4.78, 5) is 15.0. The van der Waals surface area contributed by atoms with Gasteiger partial charge in [0.1, 0.15) is 0 Å². The Morgan fingerprint density at radius 3 is 1.87 bits per heavy atom.